The molecule has 2 nitrogen and oxygen atoms in total. The molecular weight excluding hydrogens is 196 g/mol. The zero-order chi connectivity index (χ0) is 10.7. The van der Waals surface area contributed by atoms with Crippen LogP contribution in [-0.2, 0) is 8.85 Å². The van der Waals surface area contributed by atoms with Gasteiger partial charge in [-0.05, 0) is 47.0 Å². The first-order valence-corrected chi connectivity index (χ1v) is 11.9. The van der Waals surface area contributed by atoms with Gasteiger partial charge in [0.15, 0.2) is 0 Å². The molecule has 0 rings (SSSR count). The van der Waals surface area contributed by atoms with Crippen molar-refractivity contribution in [2.45, 2.75) is 53.1 Å². The Bertz CT molecular complexity index is 156. The Hall–Kier alpha value is 0.354. The summed E-state index contributed by atoms with van der Waals surface area (Å²) in [5.74, 6) is 0. The summed E-state index contributed by atoms with van der Waals surface area (Å²) >= 11 is 0. The number of hydrogen-bond acceptors (Lipinski definition) is 2. The van der Waals surface area contributed by atoms with Crippen LogP contribution in [-0.4, -0.2) is 28.4 Å². The fraction of sp³-hybridized carbons (Fsp3) is 1.00. The molecule has 80 valence electrons. The quantitative estimate of drug-likeness (QED) is 0.663. The second-order valence-corrected chi connectivity index (χ2v) is 18.4. The van der Waals surface area contributed by atoms with Crippen LogP contribution in [0.25, 0.3) is 0 Å². The van der Waals surface area contributed by atoms with Gasteiger partial charge in [-0.1, -0.05) is 0 Å². The summed E-state index contributed by atoms with van der Waals surface area (Å²) in [5, 5.41) is 0. The summed E-state index contributed by atoms with van der Waals surface area (Å²) in [7, 11) is -3.18. The summed E-state index contributed by atoms with van der Waals surface area (Å²) in [6.45, 7) is 16.2. The van der Waals surface area contributed by atoms with E-state index in [1.165, 1.54) is 0 Å². The molecule has 0 unspecified atom stereocenters. The Morgan fingerprint density at radius 1 is 1.00 bits per heavy atom. The summed E-state index contributed by atoms with van der Waals surface area (Å²) in [4.78, 5) is 0. The van der Waals surface area contributed by atoms with E-state index in [4.69, 9.17) is 8.85 Å². The Morgan fingerprint density at radius 3 is 1.77 bits per heavy atom. The first-order valence-electron chi connectivity index (χ1n) is 5.04. The third-order valence-corrected chi connectivity index (χ3v) is 16.9. The molecule has 4 heteroatoms. The number of rotatable bonds is 5. The lowest BCUT2D eigenvalue weighted by atomic mass is 10.5. The lowest BCUT2D eigenvalue weighted by molar-refractivity contribution is 0.232. The lowest BCUT2D eigenvalue weighted by Gasteiger charge is -2.38. The van der Waals surface area contributed by atoms with E-state index in [9.17, 15) is 0 Å². The van der Waals surface area contributed by atoms with Crippen LogP contribution < -0.4 is 0 Å². The van der Waals surface area contributed by atoms with Crippen molar-refractivity contribution in [3.05, 3.63) is 0 Å². The highest BCUT2D eigenvalue weighted by Gasteiger charge is 2.45. The van der Waals surface area contributed by atoms with Gasteiger partial charge in [0.05, 0.1) is 0 Å². The van der Waals surface area contributed by atoms with Crippen molar-refractivity contribution in [2.24, 2.45) is 0 Å². The van der Waals surface area contributed by atoms with Crippen LogP contribution in [0.3, 0.4) is 0 Å². The smallest absolute Gasteiger partial charge is 0.205 e. The van der Waals surface area contributed by atoms with Crippen molar-refractivity contribution < 1.29 is 8.85 Å². The molecule has 13 heavy (non-hydrogen) atoms. The molecule has 0 N–H and O–H groups in total. The lowest BCUT2D eigenvalue weighted by Crippen LogP contribution is -2.60. The van der Waals surface area contributed by atoms with Crippen molar-refractivity contribution in [3.63, 3.8) is 0 Å². The monoisotopic (exact) mass is 220 g/mol. The summed E-state index contributed by atoms with van der Waals surface area (Å²) < 4.78 is 11.9. The molecule has 0 aliphatic carbocycles. The molecule has 0 saturated heterocycles. The summed E-state index contributed by atoms with van der Waals surface area (Å²) in [6, 6.07) is 0. The van der Waals surface area contributed by atoms with Crippen LogP contribution in [0.15, 0.2) is 0 Å². The van der Waals surface area contributed by atoms with Crippen molar-refractivity contribution in [1.29, 1.82) is 0 Å². The van der Waals surface area contributed by atoms with Gasteiger partial charge < -0.3 is 8.85 Å². The first-order chi connectivity index (χ1) is 5.73. The molecule has 0 amide bonds. The molecule has 0 heterocycles. The molecule has 0 bridgehead atoms. The van der Waals surface area contributed by atoms with Crippen molar-refractivity contribution >= 4 is 15.7 Å². The van der Waals surface area contributed by atoms with Gasteiger partial charge in [0.2, 0.25) is 15.7 Å². The van der Waals surface area contributed by atoms with Gasteiger partial charge >= 0.3 is 0 Å². The molecule has 0 aliphatic rings. The molecular formula is C9H24O2Si2. The van der Waals surface area contributed by atoms with E-state index in [2.05, 4.69) is 47.0 Å². The highest BCUT2D eigenvalue weighted by Crippen LogP contribution is 2.22. The molecule has 0 radical (unpaired) electrons. The molecule has 0 atom stereocenters. The fourth-order valence-corrected chi connectivity index (χ4v) is 6.83. The van der Waals surface area contributed by atoms with Crippen LogP contribution in [0, 0.1) is 0 Å². The van der Waals surface area contributed by atoms with E-state index in [0.717, 1.165) is 6.61 Å². The maximum absolute atomic E-state index is 6.03. The van der Waals surface area contributed by atoms with Gasteiger partial charge in [0.1, 0.15) is 0 Å². The van der Waals surface area contributed by atoms with Crippen LogP contribution in [0.5, 0.6) is 0 Å². The van der Waals surface area contributed by atoms with Gasteiger partial charge in [-0.2, -0.15) is 0 Å². The van der Waals surface area contributed by atoms with E-state index in [-0.39, 0.29) is 0 Å². The maximum Gasteiger partial charge on any atom is 0.205 e. The van der Waals surface area contributed by atoms with E-state index >= 15 is 0 Å². The van der Waals surface area contributed by atoms with Crippen molar-refractivity contribution in [2.75, 3.05) is 6.61 Å². The molecule has 0 aromatic rings. The number of hydrogen-bond donors (Lipinski definition) is 0. The van der Waals surface area contributed by atoms with E-state index in [1.54, 1.807) is 0 Å². The van der Waals surface area contributed by atoms with Gasteiger partial charge in [0, 0.05) is 12.7 Å². The first kappa shape index (κ1) is 13.4. The van der Waals surface area contributed by atoms with Crippen LogP contribution in [0.4, 0.5) is 0 Å². The average molecular weight is 220 g/mol. The molecule has 0 fully saturated rings. The molecule has 0 aromatic heterocycles. The Kier molecular flexibility index (Phi) is 4.86. The fourth-order valence-electron chi connectivity index (χ4n) is 1.27. The normalized spacial score (nSPS) is 13.8. The Balaban J connectivity index is 4.40. The third kappa shape index (κ3) is 3.93. The van der Waals surface area contributed by atoms with Crippen LogP contribution >= 0.6 is 0 Å². The molecule has 0 aromatic carbocycles. The molecule has 0 saturated carbocycles. The SMILES string of the molecule is CCO[Si](C)(C)[Si](C)(C)OC(C)C. The zero-order valence-corrected chi connectivity index (χ0v) is 12.1. The van der Waals surface area contributed by atoms with E-state index < -0.39 is 15.7 Å². The molecule has 0 spiro atoms. The van der Waals surface area contributed by atoms with Gasteiger partial charge in [-0.25, -0.2) is 0 Å². The second kappa shape index (κ2) is 4.73. The van der Waals surface area contributed by atoms with Crippen molar-refractivity contribution in [3.8, 4) is 0 Å². The van der Waals surface area contributed by atoms with E-state index in [0.29, 0.717) is 6.10 Å². The highest BCUT2D eigenvalue weighted by molar-refractivity contribution is 7.35. The highest BCUT2D eigenvalue weighted by atomic mass is 29.3. The second-order valence-electron chi connectivity index (χ2n) is 4.62. The predicted octanol–water partition coefficient (Wildman–Crippen LogP) is 2.94. The predicted molar refractivity (Wildman–Crippen MR) is 62.8 cm³/mol. The topological polar surface area (TPSA) is 18.5 Å². The summed E-state index contributed by atoms with van der Waals surface area (Å²) in [5.41, 5.74) is 0. The minimum Gasteiger partial charge on any atom is -0.417 e. The Labute approximate surface area is 84.7 Å². The van der Waals surface area contributed by atoms with Crippen LogP contribution in [0.2, 0.25) is 26.2 Å². The minimum absolute atomic E-state index is 0.328. The average Bonchev–Trinajstić information content (AvgIpc) is 1.82. The van der Waals surface area contributed by atoms with E-state index in [1.807, 2.05) is 0 Å². The van der Waals surface area contributed by atoms with Crippen LogP contribution in [0.1, 0.15) is 20.8 Å². The van der Waals surface area contributed by atoms with Gasteiger partial charge in [0.25, 0.3) is 0 Å². The minimum atomic E-state index is -1.60. The van der Waals surface area contributed by atoms with Crippen molar-refractivity contribution in [1.82, 2.24) is 0 Å². The zero-order valence-electron chi connectivity index (χ0n) is 10.1. The standard InChI is InChI=1S/C9H24O2Si2/c1-8-10-12(4,5)13(6,7)11-9(2)3/h9H,8H2,1-7H3. The largest absolute Gasteiger partial charge is 0.417 e. The van der Waals surface area contributed by atoms with Gasteiger partial charge in [-0.15, -0.1) is 0 Å². The molecule has 0 aliphatic heterocycles. The van der Waals surface area contributed by atoms with Gasteiger partial charge in [-0.3, -0.25) is 0 Å². The maximum atomic E-state index is 6.03. The summed E-state index contributed by atoms with van der Waals surface area (Å²) in [6.07, 6.45) is 0.328. The Morgan fingerprint density at radius 2 is 1.46 bits per heavy atom. The third-order valence-electron chi connectivity index (χ3n) is 2.49.